The summed E-state index contributed by atoms with van der Waals surface area (Å²) in [5.74, 6) is 0.152. The van der Waals surface area contributed by atoms with Crippen molar-refractivity contribution in [2.45, 2.75) is 57.7 Å². The van der Waals surface area contributed by atoms with Gasteiger partial charge in [0.2, 0.25) is 5.91 Å². The van der Waals surface area contributed by atoms with Gasteiger partial charge in [-0.15, -0.1) is 0 Å². The number of amides is 2. The highest BCUT2D eigenvalue weighted by Gasteiger charge is 2.31. The Morgan fingerprint density at radius 2 is 1.83 bits per heavy atom. The lowest BCUT2D eigenvalue weighted by Gasteiger charge is -2.31. The summed E-state index contributed by atoms with van der Waals surface area (Å²) in [5, 5.41) is 6.06. The molecule has 0 saturated heterocycles. The molecule has 1 N–H and O–H groups in total. The van der Waals surface area contributed by atoms with E-state index >= 15 is 0 Å². The number of carbonyl (C=O) groups excluding carboxylic acids is 2. The molecule has 5 nitrogen and oxygen atoms in total. The normalized spacial score (nSPS) is 14.6. The molecule has 0 unspecified atom stereocenters. The fourth-order valence-electron chi connectivity index (χ4n) is 4.67. The van der Waals surface area contributed by atoms with Gasteiger partial charge in [0.1, 0.15) is 11.8 Å². The summed E-state index contributed by atoms with van der Waals surface area (Å²) in [5.41, 5.74) is 0.789. The molecular weight excluding hydrogens is 563 g/mol. The molecule has 3 aromatic rings. The van der Waals surface area contributed by atoms with Crippen molar-refractivity contribution in [2.75, 3.05) is 6.61 Å². The summed E-state index contributed by atoms with van der Waals surface area (Å²) in [6.07, 6.45) is 4.65. The maximum absolute atomic E-state index is 13.5. The Balaban J connectivity index is 1.55. The van der Waals surface area contributed by atoms with E-state index in [2.05, 4.69) is 21.2 Å². The predicted octanol–water partition coefficient (Wildman–Crippen LogP) is 7.15. The van der Waals surface area contributed by atoms with Crippen LogP contribution in [0, 0.1) is 0 Å². The maximum Gasteiger partial charge on any atom is 0.261 e. The summed E-state index contributed by atoms with van der Waals surface area (Å²) < 4.78 is 6.75. The van der Waals surface area contributed by atoms with Crippen LogP contribution in [0.2, 0.25) is 10.0 Å². The Morgan fingerprint density at radius 1 is 1.08 bits per heavy atom. The van der Waals surface area contributed by atoms with E-state index in [9.17, 15) is 9.59 Å². The van der Waals surface area contributed by atoms with Crippen molar-refractivity contribution in [2.24, 2.45) is 0 Å². The smallest absolute Gasteiger partial charge is 0.261 e. The zero-order valence-corrected chi connectivity index (χ0v) is 23.2. The van der Waals surface area contributed by atoms with E-state index in [0.717, 1.165) is 46.5 Å². The van der Waals surface area contributed by atoms with Crippen LogP contribution < -0.4 is 10.1 Å². The molecule has 1 fully saturated rings. The van der Waals surface area contributed by atoms with Crippen LogP contribution in [-0.2, 0) is 16.1 Å². The second-order valence-corrected chi connectivity index (χ2v) is 10.7. The first-order valence-corrected chi connectivity index (χ1v) is 13.8. The monoisotopic (exact) mass is 590 g/mol. The van der Waals surface area contributed by atoms with Crippen LogP contribution in [0.3, 0.4) is 0 Å². The molecule has 2 amide bonds. The lowest BCUT2D eigenvalue weighted by atomic mass is 10.1. The van der Waals surface area contributed by atoms with Crippen molar-refractivity contribution in [1.29, 1.82) is 0 Å². The molecular formula is C28H29BrCl2N2O3. The molecule has 3 aromatic carbocycles. The molecule has 4 rings (SSSR count). The number of fused-ring (bicyclic) bond motifs is 1. The highest BCUT2D eigenvalue weighted by Crippen LogP contribution is 2.33. The van der Waals surface area contributed by atoms with Gasteiger partial charge < -0.3 is 15.0 Å². The first kappa shape index (κ1) is 26.8. The number of hydrogen-bond donors (Lipinski definition) is 1. The third-order valence-electron chi connectivity index (χ3n) is 6.60. The Hall–Kier alpha value is -2.28. The van der Waals surface area contributed by atoms with Gasteiger partial charge in [-0.3, -0.25) is 9.59 Å². The quantitative estimate of drug-likeness (QED) is 0.287. The van der Waals surface area contributed by atoms with E-state index in [-0.39, 0.29) is 31.0 Å². The van der Waals surface area contributed by atoms with Crippen LogP contribution in [0.1, 0.15) is 44.6 Å². The second-order valence-electron chi connectivity index (χ2n) is 9.07. The van der Waals surface area contributed by atoms with Crippen molar-refractivity contribution in [1.82, 2.24) is 10.2 Å². The van der Waals surface area contributed by atoms with Crippen LogP contribution in [0.15, 0.2) is 59.1 Å². The number of benzene rings is 3. The molecule has 0 bridgehead atoms. The van der Waals surface area contributed by atoms with Crippen molar-refractivity contribution in [3.8, 4) is 5.75 Å². The molecule has 1 atom stereocenters. The van der Waals surface area contributed by atoms with Gasteiger partial charge >= 0.3 is 0 Å². The molecule has 0 aromatic heterocycles. The molecule has 0 spiro atoms. The average molecular weight is 592 g/mol. The van der Waals surface area contributed by atoms with Crippen LogP contribution in [0.25, 0.3) is 10.8 Å². The minimum Gasteiger partial charge on any atom is -0.483 e. The van der Waals surface area contributed by atoms with Crippen LogP contribution in [0.4, 0.5) is 0 Å². The Morgan fingerprint density at radius 3 is 2.56 bits per heavy atom. The number of ether oxygens (including phenoxy) is 1. The first-order valence-electron chi connectivity index (χ1n) is 12.2. The van der Waals surface area contributed by atoms with Crippen LogP contribution >= 0.6 is 39.1 Å². The fourth-order valence-corrected chi connectivity index (χ4v) is 5.60. The van der Waals surface area contributed by atoms with Crippen molar-refractivity contribution in [3.05, 3.63) is 74.7 Å². The van der Waals surface area contributed by atoms with Gasteiger partial charge in [0.25, 0.3) is 5.91 Å². The molecule has 0 aliphatic heterocycles. The zero-order chi connectivity index (χ0) is 25.7. The van der Waals surface area contributed by atoms with Gasteiger partial charge in [-0.25, -0.2) is 0 Å². The second kappa shape index (κ2) is 12.3. The average Bonchev–Trinajstić information content (AvgIpc) is 3.38. The molecule has 0 radical (unpaired) electrons. The Labute approximate surface area is 230 Å². The topological polar surface area (TPSA) is 58.6 Å². The fraction of sp³-hybridized carbons (Fsp3) is 0.357. The molecule has 1 aliphatic rings. The van der Waals surface area contributed by atoms with E-state index in [4.69, 9.17) is 27.9 Å². The van der Waals surface area contributed by atoms with E-state index in [1.807, 2.05) is 49.4 Å². The summed E-state index contributed by atoms with van der Waals surface area (Å²) in [7, 11) is 0. The maximum atomic E-state index is 13.5. The number of carbonyl (C=O) groups is 2. The number of nitrogens with one attached hydrogen (secondary N) is 1. The van der Waals surface area contributed by atoms with Gasteiger partial charge in [-0.05, 0) is 69.7 Å². The number of halogens is 3. The highest BCUT2D eigenvalue weighted by molar-refractivity contribution is 9.10. The number of hydrogen-bond acceptors (Lipinski definition) is 3. The predicted molar refractivity (Wildman–Crippen MR) is 149 cm³/mol. The summed E-state index contributed by atoms with van der Waals surface area (Å²) in [6.45, 7) is 1.93. The number of rotatable bonds is 9. The third-order valence-corrected chi connectivity index (χ3v) is 8.16. The lowest BCUT2D eigenvalue weighted by molar-refractivity contribution is -0.143. The van der Waals surface area contributed by atoms with Crippen molar-refractivity contribution < 1.29 is 14.3 Å². The number of nitrogens with zero attached hydrogens (tertiary/aromatic N) is 1. The van der Waals surface area contributed by atoms with E-state index in [0.29, 0.717) is 22.2 Å². The molecule has 1 aliphatic carbocycles. The van der Waals surface area contributed by atoms with Crippen molar-refractivity contribution >= 4 is 61.7 Å². The Bertz CT molecular complexity index is 1250. The van der Waals surface area contributed by atoms with E-state index in [1.54, 1.807) is 17.0 Å². The van der Waals surface area contributed by atoms with Gasteiger partial charge in [-0.2, -0.15) is 0 Å². The highest BCUT2D eigenvalue weighted by atomic mass is 79.9. The molecule has 1 saturated carbocycles. The first-order chi connectivity index (χ1) is 17.4. The standard InChI is InChI=1S/C28H29BrCl2N2O3/c1-2-24(28(35)32-20-8-4-5-9-20)33(16-18-11-13-22(30)23(31)15-18)26(34)17-36-25-14-12-19-7-3-6-10-21(19)27(25)29/h3,6-7,10-15,20,24H,2,4-5,8-9,16-17H2,1H3,(H,32,35)/t24-/m0/s1. The molecule has 36 heavy (non-hydrogen) atoms. The van der Waals surface area contributed by atoms with Crippen LogP contribution in [-0.4, -0.2) is 35.4 Å². The van der Waals surface area contributed by atoms with Gasteiger partial charge in [-0.1, -0.05) is 79.4 Å². The minimum atomic E-state index is -0.629. The molecule has 190 valence electrons. The zero-order valence-electron chi connectivity index (χ0n) is 20.1. The van der Waals surface area contributed by atoms with E-state index in [1.165, 1.54) is 0 Å². The summed E-state index contributed by atoms with van der Waals surface area (Å²) in [4.78, 5) is 28.4. The van der Waals surface area contributed by atoms with Gasteiger partial charge in [0.05, 0.1) is 14.5 Å². The largest absolute Gasteiger partial charge is 0.483 e. The summed E-state index contributed by atoms with van der Waals surface area (Å²) in [6, 6.07) is 16.5. The third kappa shape index (κ3) is 6.34. The van der Waals surface area contributed by atoms with Gasteiger partial charge in [0.15, 0.2) is 6.61 Å². The lowest BCUT2D eigenvalue weighted by Crippen LogP contribution is -2.52. The van der Waals surface area contributed by atoms with Crippen molar-refractivity contribution in [3.63, 3.8) is 0 Å². The minimum absolute atomic E-state index is 0.135. The van der Waals surface area contributed by atoms with Crippen LogP contribution in [0.5, 0.6) is 5.75 Å². The summed E-state index contributed by atoms with van der Waals surface area (Å²) >= 11 is 15.9. The molecule has 8 heteroatoms. The molecule has 0 heterocycles. The SMILES string of the molecule is CC[C@@H](C(=O)NC1CCCC1)N(Cc1ccc(Cl)c(Cl)c1)C(=O)COc1ccc2ccccc2c1Br. The Kier molecular flexibility index (Phi) is 9.15. The van der Waals surface area contributed by atoms with E-state index < -0.39 is 6.04 Å². The van der Waals surface area contributed by atoms with Gasteiger partial charge in [0, 0.05) is 12.6 Å².